The van der Waals surface area contributed by atoms with Crippen LogP contribution in [0.5, 0.6) is 0 Å². The van der Waals surface area contributed by atoms with Gasteiger partial charge in [0.05, 0.1) is 6.61 Å². The Morgan fingerprint density at radius 3 is 2.53 bits per heavy atom. The van der Waals surface area contributed by atoms with Gasteiger partial charge in [-0.2, -0.15) is 0 Å². The lowest BCUT2D eigenvalue weighted by Crippen LogP contribution is -2.12. The summed E-state index contributed by atoms with van der Waals surface area (Å²) in [6.45, 7) is 7.35. The molecule has 0 aromatic carbocycles. The van der Waals surface area contributed by atoms with Gasteiger partial charge in [-0.15, -0.1) is 10.2 Å². The maximum absolute atomic E-state index is 9.10. The van der Waals surface area contributed by atoms with Crippen molar-refractivity contribution in [1.82, 2.24) is 14.8 Å². The molecule has 5 nitrogen and oxygen atoms in total. The highest BCUT2D eigenvalue weighted by Gasteiger charge is 2.13. The van der Waals surface area contributed by atoms with Crippen molar-refractivity contribution in [2.24, 2.45) is 0 Å². The van der Waals surface area contributed by atoms with Crippen LogP contribution in [-0.4, -0.2) is 33.1 Å². The van der Waals surface area contributed by atoms with Gasteiger partial charge < -0.3 is 14.4 Å². The van der Waals surface area contributed by atoms with Gasteiger partial charge >= 0.3 is 0 Å². The van der Waals surface area contributed by atoms with Crippen molar-refractivity contribution >= 4 is 0 Å². The normalized spacial score (nSPS) is 11.3. The standard InChI is InChI=1S/C10H19N3O2/c1-4-15-6-5-9-11-12-10(7-14)13(9)8(2)3/h8,14H,4-7H2,1-3H3. The summed E-state index contributed by atoms with van der Waals surface area (Å²) in [5.74, 6) is 1.50. The molecule has 0 aliphatic carbocycles. The van der Waals surface area contributed by atoms with Gasteiger partial charge in [-0.05, 0) is 20.8 Å². The molecule has 0 spiro atoms. The summed E-state index contributed by atoms with van der Waals surface area (Å²) in [5.41, 5.74) is 0. The van der Waals surface area contributed by atoms with E-state index in [2.05, 4.69) is 10.2 Å². The minimum atomic E-state index is -0.0696. The second-order valence-electron chi connectivity index (χ2n) is 3.60. The van der Waals surface area contributed by atoms with E-state index in [0.29, 0.717) is 19.0 Å². The van der Waals surface area contributed by atoms with Gasteiger partial charge in [-0.3, -0.25) is 0 Å². The highest BCUT2D eigenvalue weighted by atomic mass is 16.5. The maximum Gasteiger partial charge on any atom is 0.159 e. The van der Waals surface area contributed by atoms with Gasteiger partial charge in [0.2, 0.25) is 0 Å². The molecule has 0 bridgehead atoms. The number of hydrogen-bond donors (Lipinski definition) is 1. The van der Waals surface area contributed by atoms with Crippen molar-refractivity contribution in [3.05, 3.63) is 11.6 Å². The van der Waals surface area contributed by atoms with E-state index in [9.17, 15) is 0 Å². The van der Waals surface area contributed by atoms with Crippen molar-refractivity contribution in [1.29, 1.82) is 0 Å². The Kier molecular flexibility index (Phi) is 4.71. The van der Waals surface area contributed by atoms with Gasteiger partial charge in [0.15, 0.2) is 5.82 Å². The number of aliphatic hydroxyl groups is 1. The summed E-state index contributed by atoms with van der Waals surface area (Å²) in [7, 11) is 0. The van der Waals surface area contributed by atoms with Crippen LogP contribution in [0, 0.1) is 0 Å². The molecular formula is C10H19N3O2. The molecule has 86 valence electrons. The third-order valence-corrected chi connectivity index (χ3v) is 2.17. The second kappa shape index (κ2) is 5.82. The first kappa shape index (κ1) is 12.1. The molecule has 1 heterocycles. The molecule has 0 fully saturated rings. The summed E-state index contributed by atoms with van der Waals surface area (Å²) >= 11 is 0. The second-order valence-corrected chi connectivity index (χ2v) is 3.60. The minimum Gasteiger partial charge on any atom is -0.388 e. The summed E-state index contributed by atoms with van der Waals surface area (Å²) in [6.07, 6.45) is 0.735. The maximum atomic E-state index is 9.10. The molecule has 0 saturated carbocycles. The molecule has 1 aromatic heterocycles. The van der Waals surface area contributed by atoms with Gasteiger partial charge in [-0.25, -0.2) is 0 Å². The number of aromatic nitrogens is 3. The van der Waals surface area contributed by atoms with Crippen molar-refractivity contribution in [3.63, 3.8) is 0 Å². The molecule has 0 amide bonds. The predicted octanol–water partition coefficient (Wildman–Crippen LogP) is 0.930. The Hall–Kier alpha value is -0.940. The van der Waals surface area contributed by atoms with Crippen molar-refractivity contribution < 1.29 is 9.84 Å². The summed E-state index contributed by atoms with van der Waals surface area (Å²) in [4.78, 5) is 0. The number of hydrogen-bond acceptors (Lipinski definition) is 4. The van der Waals surface area contributed by atoms with Crippen molar-refractivity contribution in [3.8, 4) is 0 Å². The van der Waals surface area contributed by atoms with E-state index in [0.717, 1.165) is 12.2 Å². The smallest absolute Gasteiger partial charge is 0.159 e. The average Bonchev–Trinajstić information content (AvgIpc) is 2.61. The molecule has 0 aliphatic heterocycles. The van der Waals surface area contributed by atoms with Crippen molar-refractivity contribution in [2.45, 2.75) is 39.8 Å². The molecule has 0 atom stereocenters. The third-order valence-electron chi connectivity index (χ3n) is 2.17. The van der Waals surface area contributed by atoms with Crippen LogP contribution in [-0.2, 0) is 17.8 Å². The Morgan fingerprint density at radius 1 is 1.33 bits per heavy atom. The first-order valence-corrected chi connectivity index (χ1v) is 5.32. The molecule has 0 unspecified atom stereocenters. The Morgan fingerprint density at radius 2 is 2.00 bits per heavy atom. The van der Waals surface area contributed by atoms with Crippen LogP contribution in [0.3, 0.4) is 0 Å². The van der Waals surface area contributed by atoms with Crippen LogP contribution in [0.4, 0.5) is 0 Å². The fourth-order valence-electron chi connectivity index (χ4n) is 1.54. The molecule has 5 heteroatoms. The van der Waals surface area contributed by atoms with Crippen LogP contribution >= 0.6 is 0 Å². The lowest BCUT2D eigenvalue weighted by Gasteiger charge is -2.12. The van der Waals surface area contributed by atoms with Crippen LogP contribution in [0.25, 0.3) is 0 Å². The van der Waals surface area contributed by atoms with Crippen LogP contribution in [0.15, 0.2) is 0 Å². The zero-order chi connectivity index (χ0) is 11.3. The minimum absolute atomic E-state index is 0.0696. The fourth-order valence-corrected chi connectivity index (χ4v) is 1.54. The molecule has 0 aliphatic rings. The predicted molar refractivity (Wildman–Crippen MR) is 56.5 cm³/mol. The summed E-state index contributed by atoms with van der Waals surface area (Å²) in [5, 5.41) is 17.1. The van der Waals surface area contributed by atoms with E-state index in [4.69, 9.17) is 9.84 Å². The zero-order valence-electron chi connectivity index (χ0n) is 9.60. The first-order chi connectivity index (χ1) is 7.20. The lowest BCUT2D eigenvalue weighted by atomic mass is 10.3. The van der Waals surface area contributed by atoms with E-state index in [1.807, 2.05) is 25.3 Å². The summed E-state index contributed by atoms with van der Waals surface area (Å²) in [6, 6.07) is 0.263. The number of ether oxygens (including phenoxy) is 1. The Bertz CT molecular complexity index is 297. The third kappa shape index (κ3) is 3.00. The Labute approximate surface area is 90.1 Å². The molecule has 15 heavy (non-hydrogen) atoms. The molecule has 1 aromatic rings. The van der Waals surface area contributed by atoms with E-state index in [1.165, 1.54) is 0 Å². The van der Waals surface area contributed by atoms with E-state index < -0.39 is 0 Å². The average molecular weight is 213 g/mol. The monoisotopic (exact) mass is 213 g/mol. The topological polar surface area (TPSA) is 60.2 Å². The van der Waals surface area contributed by atoms with Crippen LogP contribution in [0.1, 0.15) is 38.5 Å². The van der Waals surface area contributed by atoms with E-state index in [-0.39, 0.29) is 12.6 Å². The molecule has 1 rings (SSSR count). The van der Waals surface area contributed by atoms with Gasteiger partial charge in [-0.1, -0.05) is 0 Å². The molecule has 0 radical (unpaired) electrons. The lowest BCUT2D eigenvalue weighted by molar-refractivity contribution is 0.148. The fraction of sp³-hybridized carbons (Fsp3) is 0.800. The largest absolute Gasteiger partial charge is 0.388 e. The number of rotatable bonds is 6. The Balaban J connectivity index is 2.73. The highest BCUT2D eigenvalue weighted by molar-refractivity contribution is 4.97. The quantitative estimate of drug-likeness (QED) is 0.714. The van der Waals surface area contributed by atoms with Crippen LogP contribution in [0.2, 0.25) is 0 Å². The highest BCUT2D eigenvalue weighted by Crippen LogP contribution is 2.12. The van der Waals surface area contributed by atoms with Gasteiger partial charge in [0, 0.05) is 19.1 Å². The van der Waals surface area contributed by atoms with Crippen molar-refractivity contribution in [2.75, 3.05) is 13.2 Å². The molecule has 1 N–H and O–H groups in total. The van der Waals surface area contributed by atoms with E-state index in [1.54, 1.807) is 0 Å². The first-order valence-electron chi connectivity index (χ1n) is 5.32. The zero-order valence-corrected chi connectivity index (χ0v) is 9.60. The van der Waals surface area contributed by atoms with E-state index >= 15 is 0 Å². The molecular weight excluding hydrogens is 194 g/mol. The van der Waals surface area contributed by atoms with Gasteiger partial charge in [0.1, 0.15) is 12.4 Å². The SMILES string of the molecule is CCOCCc1nnc(CO)n1C(C)C. The number of nitrogens with zero attached hydrogens (tertiary/aromatic N) is 3. The van der Waals surface area contributed by atoms with Gasteiger partial charge in [0.25, 0.3) is 0 Å². The van der Waals surface area contributed by atoms with Crippen LogP contribution < -0.4 is 0 Å². The molecule has 0 saturated heterocycles. The summed E-state index contributed by atoms with van der Waals surface area (Å²) < 4.78 is 7.23. The number of aliphatic hydroxyl groups excluding tert-OH is 1.